The van der Waals surface area contributed by atoms with E-state index in [4.69, 9.17) is 4.43 Å². The largest absolute Gasteiger partial charge is 0.413 e. The van der Waals surface area contributed by atoms with Gasteiger partial charge in [0.25, 0.3) is 0 Å². The Morgan fingerprint density at radius 2 is 1.85 bits per heavy atom. The van der Waals surface area contributed by atoms with Gasteiger partial charge in [-0.25, -0.2) is 0 Å². The summed E-state index contributed by atoms with van der Waals surface area (Å²) < 4.78 is 7.14. The quantitative estimate of drug-likeness (QED) is 0.515. The molecule has 0 spiro atoms. The molecule has 0 aromatic rings. The second kappa shape index (κ2) is 7.70. The zero-order valence-corrected chi connectivity index (χ0v) is 16.4. The van der Waals surface area contributed by atoms with Gasteiger partial charge in [-0.1, -0.05) is 27.7 Å². The maximum absolute atomic E-state index is 11.2. The summed E-state index contributed by atoms with van der Waals surface area (Å²) in [7, 11) is -1.81. The molecule has 0 bridgehead atoms. The number of hydrogen-bond donors (Lipinski definition) is 0. The molecule has 0 N–H and O–H groups in total. The molecule has 0 aliphatic carbocycles. The molecule has 1 fully saturated rings. The summed E-state index contributed by atoms with van der Waals surface area (Å²) in [4.78, 5) is 11.2. The minimum Gasteiger partial charge on any atom is -0.413 e. The molecule has 0 aromatic carbocycles. The van der Waals surface area contributed by atoms with E-state index in [0.29, 0.717) is 4.58 Å². The van der Waals surface area contributed by atoms with Crippen molar-refractivity contribution < 1.29 is 9.22 Å². The van der Waals surface area contributed by atoms with Gasteiger partial charge in [0.2, 0.25) is 0 Å². The normalized spacial score (nSPS) is 21.5. The summed E-state index contributed by atoms with van der Waals surface area (Å²) in [5.74, 6) is 2.49. The van der Waals surface area contributed by atoms with Crippen LogP contribution in [0, 0.1) is 5.92 Å². The summed E-state index contributed by atoms with van der Waals surface area (Å²) in [6.45, 7) is 13.3. The Kier molecular flexibility index (Phi) is 7.16. The van der Waals surface area contributed by atoms with E-state index in [0.717, 1.165) is 12.7 Å². The molecule has 1 heterocycles. The van der Waals surface area contributed by atoms with Crippen molar-refractivity contribution in [2.45, 2.75) is 69.4 Å². The number of carbonyl (C=O) groups excluding carboxylic acids is 1. The van der Waals surface area contributed by atoms with Gasteiger partial charge in [-0.2, -0.15) is 0 Å². The molecule has 1 saturated heterocycles. The average Bonchev–Trinajstić information content (AvgIpc) is 2.36. The molecule has 2 nitrogen and oxygen atoms in total. The highest BCUT2D eigenvalue weighted by atomic mass is 32.2. The van der Waals surface area contributed by atoms with Gasteiger partial charge in [-0.15, -0.1) is 23.5 Å². The fourth-order valence-corrected chi connectivity index (χ4v) is 6.24. The molecule has 0 unspecified atom stereocenters. The number of hydrogen-bond acceptors (Lipinski definition) is 4. The van der Waals surface area contributed by atoms with Crippen molar-refractivity contribution in [3.63, 3.8) is 0 Å². The highest BCUT2D eigenvalue weighted by molar-refractivity contribution is 8.17. The van der Waals surface area contributed by atoms with Crippen molar-refractivity contribution >= 4 is 38.1 Å². The third kappa shape index (κ3) is 5.39. The predicted octanol–water partition coefficient (Wildman–Crippen LogP) is 4.80. The van der Waals surface area contributed by atoms with Crippen LogP contribution in [0.4, 0.5) is 0 Å². The Hall–Kier alpha value is 0.547. The van der Waals surface area contributed by atoms with Crippen LogP contribution in [0.5, 0.6) is 0 Å². The van der Waals surface area contributed by atoms with E-state index in [9.17, 15) is 4.79 Å². The molecule has 118 valence electrons. The zero-order chi connectivity index (χ0) is 15.4. The van der Waals surface area contributed by atoms with Gasteiger partial charge >= 0.3 is 0 Å². The first-order valence-corrected chi connectivity index (χ1v) is 12.5. The second-order valence-corrected chi connectivity index (χ2v) is 14.8. The molecule has 0 aromatic heterocycles. The van der Waals surface area contributed by atoms with Gasteiger partial charge in [0.05, 0.1) is 10.7 Å². The van der Waals surface area contributed by atoms with Gasteiger partial charge in [0, 0.05) is 5.92 Å². The van der Waals surface area contributed by atoms with Crippen LogP contribution in [0.1, 0.15) is 40.5 Å². The standard InChI is InChI=1S/C15H30O2S2Si/c1-12(11-16)13(10-14-18-8-7-9-19-14)17-20(5,6)15(2,3)4/h11-14H,7-10H2,1-6H3/t12-,13-/m0/s1. The molecule has 1 rings (SSSR count). The lowest BCUT2D eigenvalue weighted by atomic mass is 10.1. The molecule has 1 aliphatic rings. The number of thioether (sulfide) groups is 2. The maximum atomic E-state index is 11.2. The first kappa shape index (κ1) is 18.6. The molecule has 0 amide bonds. The Labute approximate surface area is 134 Å². The molecule has 0 saturated carbocycles. The van der Waals surface area contributed by atoms with Gasteiger partial charge in [0.1, 0.15) is 6.29 Å². The SMILES string of the molecule is C[C@@H](C=O)[C@H](CC1SCCCS1)O[Si](C)(C)C(C)(C)C. The van der Waals surface area contributed by atoms with Crippen molar-refractivity contribution in [2.75, 3.05) is 11.5 Å². The Morgan fingerprint density at radius 1 is 1.30 bits per heavy atom. The van der Waals surface area contributed by atoms with E-state index in [1.54, 1.807) is 0 Å². The lowest BCUT2D eigenvalue weighted by Crippen LogP contribution is -2.46. The summed E-state index contributed by atoms with van der Waals surface area (Å²) >= 11 is 4.07. The first-order valence-electron chi connectivity index (χ1n) is 7.53. The summed E-state index contributed by atoms with van der Waals surface area (Å²) in [5, 5.41) is 0.195. The number of rotatable bonds is 6. The summed E-state index contributed by atoms with van der Waals surface area (Å²) in [6.07, 6.45) is 3.46. The van der Waals surface area contributed by atoms with Crippen LogP contribution >= 0.6 is 23.5 Å². The highest BCUT2D eigenvalue weighted by Crippen LogP contribution is 2.40. The third-order valence-corrected chi connectivity index (χ3v) is 11.9. The van der Waals surface area contributed by atoms with E-state index in [2.05, 4.69) is 33.9 Å². The van der Waals surface area contributed by atoms with Crippen LogP contribution in [0.2, 0.25) is 18.1 Å². The van der Waals surface area contributed by atoms with Crippen molar-refractivity contribution in [3.05, 3.63) is 0 Å². The molecule has 0 radical (unpaired) electrons. The maximum Gasteiger partial charge on any atom is 0.192 e. The smallest absolute Gasteiger partial charge is 0.192 e. The molecule has 2 atom stereocenters. The Bertz CT molecular complexity index is 309. The van der Waals surface area contributed by atoms with Gasteiger partial charge in [-0.05, 0) is 42.5 Å². The molecular weight excluding hydrogens is 304 g/mol. The van der Waals surface area contributed by atoms with Crippen LogP contribution in [0.25, 0.3) is 0 Å². The van der Waals surface area contributed by atoms with Gasteiger partial charge in [-0.3, -0.25) is 0 Å². The minimum absolute atomic E-state index is 0.00717. The topological polar surface area (TPSA) is 26.3 Å². The fourth-order valence-electron chi connectivity index (χ4n) is 1.88. The van der Waals surface area contributed by atoms with E-state index < -0.39 is 8.32 Å². The summed E-state index contributed by atoms with van der Waals surface area (Å²) in [6, 6.07) is 0. The van der Waals surface area contributed by atoms with Gasteiger partial charge < -0.3 is 9.22 Å². The minimum atomic E-state index is -1.81. The predicted molar refractivity (Wildman–Crippen MR) is 95.2 cm³/mol. The van der Waals surface area contributed by atoms with E-state index in [1.807, 2.05) is 30.4 Å². The second-order valence-electron chi connectivity index (χ2n) is 7.17. The zero-order valence-electron chi connectivity index (χ0n) is 13.8. The lowest BCUT2D eigenvalue weighted by Gasteiger charge is -2.41. The van der Waals surface area contributed by atoms with Crippen molar-refractivity contribution in [3.8, 4) is 0 Å². The summed E-state index contributed by atoms with van der Waals surface area (Å²) in [5.41, 5.74) is 0. The van der Waals surface area contributed by atoms with E-state index in [1.165, 1.54) is 17.9 Å². The Balaban J connectivity index is 2.71. The van der Waals surface area contributed by atoms with E-state index in [-0.39, 0.29) is 17.1 Å². The van der Waals surface area contributed by atoms with Crippen LogP contribution in [0.15, 0.2) is 0 Å². The average molecular weight is 335 g/mol. The van der Waals surface area contributed by atoms with Crippen molar-refractivity contribution in [1.82, 2.24) is 0 Å². The van der Waals surface area contributed by atoms with Crippen LogP contribution in [0.3, 0.4) is 0 Å². The van der Waals surface area contributed by atoms with Crippen LogP contribution in [-0.2, 0) is 9.22 Å². The van der Waals surface area contributed by atoms with Gasteiger partial charge in [0.15, 0.2) is 8.32 Å². The molecule has 5 heteroatoms. The Morgan fingerprint density at radius 3 is 2.30 bits per heavy atom. The van der Waals surface area contributed by atoms with Crippen LogP contribution < -0.4 is 0 Å². The first-order chi connectivity index (χ1) is 9.17. The van der Waals surface area contributed by atoms with Crippen molar-refractivity contribution in [1.29, 1.82) is 0 Å². The lowest BCUT2D eigenvalue weighted by molar-refractivity contribution is -0.113. The molecule has 1 aliphatic heterocycles. The van der Waals surface area contributed by atoms with Crippen LogP contribution in [-0.4, -0.2) is 36.8 Å². The monoisotopic (exact) mass is 334 g/mol. The fraction of sp³-hybridized carbons (Fsp3) is 0.933. The number of carbonyl (C=O) groups is 1. The molecule has 20 heavy (non-hydrogen) atoms. The van der Waals surface area contributed by atoms with Crippen molar-refractivity contribution in [2.24, 2.45) is 5.92 Å². The van der Waals surface area contributed by atoms with E-state index >= 15 is 0 Å². The third-order valence-electron chi connectivity index (χ3n) is 4.37. The highest BCUT2D eigenvalue weighted by Gasteiger charge is 2.40. The molecular formula is C15H30O2S2Si. The number of aldehydes is 1.